The molecule has 7 heteroatoms. The highest BCUT2D eigenvalue weighted by Crippen LogP contribution is 2.14. The molecule has 1 rings (SSSR count). The number of benzene rings is 1. The summed E-state index contributed by atoms with van der Waals surface area (Å²) in [4.78, 5) is 5.70. The molecule has 0 aliphatic carbocycles. The number of hydrogen-bond acceptors (Lipinski definition) is 2. The fourth-order valence-electron chi connectivity index (χ4n) is 2.21. The fourth-order valence-corrected chi connectivity index (χ4v) is 2.21. The Kier molecular flexibility index (Phi) is 9.22. The van der Waals surface area contributed by atoms with Crippen LogP contribution in [-0.4, -0.2) is 56.8 Å². The second kappa shape index (κ2) is 10.9. The minimum atomic E-state index is -4.16. The molecule has 0 amide bonds. The van der Waals surface area contributed by atoms with Gasteiger partial charge in [0.05, 0.1) is 6.54 Å². The maximum Gasteiger partial charge on any atom is 0.401 e. The Labute approximate surface area is 142 Å². The van der Waals surface area contributed by atoms with Crippen molar-refractivity contribution >= 4 is 5.96 Å². The van der Waals surface area contributed by atoms with E-state index in [0.717, 1.165) is 12.8 Å². The van der Waals surface area contributed by atoms with E-state index in [0.29, 0.717) is 32.1 Å². The van der Waals surface area contributed by atoms with Crippen molar-refractivity contribution in [1.82, 2.24) is 15.5 Å². The van der Waals surface area contributed by atoms with Crippen molar-refractivity contribution in [2.45, 2.75) is 25.9 Å². The SMILES string of the molecule is CCNC(=NCCCc1ccccc1)NCCN(C)CC(F)(F)F. The smallest absolute Gasteiger partial charge is 0.357 e. The highest BCUT2D eigenvalue weighted by molar-refractivity contribution is 5.79. The molecule has 0 aromatic heterocycles. The molecule has 0 aliphatic rings. The van der Waals surface area contributed by atoms with Crippen LogP contribution in [0.4, 0.5) is 13.2 Å². The van der Waals surface area contributed by atoms with Crippen LogP contribution < -0.4 is 10.6 Å². The minimum Gasteiger partial charge on any atom is -0.357 e. The van der Waals surface area contributed by atoms with Crippen LogP contribution in [0.15, 0.2) is 35.3 Å². The molecule has 0 heterocycles. The lowest BCUT2D eigenvalue weighted by Gasteiger charge is -2.19. The highest BCUT2D eigenvalue weighted by atomic mass is 19.4. The van der Waals surface area contributed by atoms with Gasteiger partial charge in [0.2, 0.25) is 0 Å². The summed E-state index contributed by atoms with van der Waals surface area (Å²) in [5.74, 6) is 0.644. The zero-order valence-corrected chi connectivity index (χ0v) is 14.4. The highest BCUT2D eigenvalue weighted by Gasteiger charge is 2.28. The van der Waals surface area contributed by atoms with Crippen molar-refractivity contribution in [2.75, 3.05) is 39.8 Å². The number of guanidine groups is 1. The normalized spacial score (nSPS) is 12.5. The lowest BCUT2D eigenvalue weighted by atomic mass is 10.1. The number of nitrogens with one attached hydrogen (secondary N) is 2. The molecule has 0 atom stereocenters. The number of alkyl halides is 3. The van der Waals surface area contributed by atoms with E-state index >= 15 is 0 Å². The summed E-state index contributed by atoms with van der Waals surface area (Å²) >= 11 is 0. The molecule has 0 aliphatic heterocycles. The summed E-state index contributed by atoms with van der Waals surface area (Å²) in [6, 6.07) is 10.2. The zero-order chi connectivity index (χ0) is 17.8. The monoisotopic (exact) mass is 344 g/mol. The van der Waals surface area contributed by atoms with Gasteiger partial charge in [0.15, 0.2) is 5.96 Å². The van der Waals surface area contributed by atoms with Gasteiger partial charge in [-0.05, 0) is 32.4 Å². The summed E-state index contributed by atoms with van der Waals surface area (Å²) < 4.78 is 36.8. The maximum atomic E-state index is 12.3. The number of rotatable bonds is 9. The number of aryl methyl sites for hydroxylation is 1. The van der Waals surface area contributed by atoms with E-state index in [1.165, 1.54) is 17.5 Å². The Hall–Kier alpha value is -1.76. The minimum absolute atomic E-state index is 0.300. The molecule has 0 spiro atoms. The van der Waals surface area contributed by atoms with Crippen LogP contribution in [0.2, 0.25) is 0 Å². The Morgan fingerprint density at radius 1 is 1.17 bits per heavy atom. The molecule has 4 nitrogen and oxygen atoms in total. The van der Waals surface area contributed by atoms with E-state index in [1.54, 1.807) is 0 Å². The van der Waals surface area contributed by atoms with E-state index in [9.17, 15) is 13.2 Å². The quantitative estimate of drug-likeness (QED) is 0.411. The fraction of sp³-hybridized carbons (Fsp3) is 0.588. The van der Waals surface area contributed by atoms with Crippen LogP contribution in [0, 0.1) is 0 Å². The Balaban J connectivity index is 2.29. The first-order chi connectivity index (χ1) is 11.4. The molecule has 0 bridgehead atoms. The molecule has 0 unspecified atom stereocenters. The zero-order valence-electron chi connectivity index (χ0n) is 14.4. The van der Waals surface area contributed by atoms with E-state index in [2.05, 4.69) is 27.8 Å². The van der Waals surface area contributed by atoms with Crippen molar-refractivity contribution in [3.63, 3.8) is 0 Å². The molecule has 2 N–H and O–H groups in total. The predicted octanol–water partition coefficient (Wildman–Crippen LogP) is 2.67. The van der Waals surface area contributed by atoms with Crippen LogP contribution >= 0.6 is 0 Å². The number of nitrogens with zero attached hydrogens (tertiary/aromatic N) is 2. The summed E-state index contributed by atoms with van der Waals surface area (Å²) in [6.45, 7) is 3.15. The van der Waals surface area contributed by atoms with Gasteiger partial charge in [-0.2, -0.15) is 13.2 Å². The van der Waals surface area contributed by atoms with Gasteiger partial charge in [0.25, 0.3) is 0 Å². The third kappa shape index (κ3) is 10.1. The van der Waals surface area contributed by atoms with Crippen molar-refractivity contribution in [3.8, 4) is 0 Å². The predicted molar refractivity (Wildman–Crippen MR) is 92.3 cm³/mol. The van der Waals surface area contributed by atoms with E-state index < -0.39 is 12.7 Å². The molecule has 1 aromatic carbocycles. The molecular weight excluding hydrogens is 317 g/mol. The van der Waals surface area contributed by atoms with Crippen LogP contribution in [0.1, 0.15) is 18.9 Å². The summed E-state index contributed by atoms with van der Waals surface area (Å²) in [5.41, 5.74) is 1.28. The van der Waals surface area contributed by atoms with E-state index in [1.807, 2.05) is 25.1 Å². The van der Waals surface area contributed by atoms with Crippen LogP contribution in [-0.2, 0) is 6.42 Å². The van der Waals surface area contributed by atoms with Crippen molar-refractivity contribution in [3.05, 3.63) is 35.9 Å². The summed E-state index contributed by atoms with van der Waals surface area (Å²) in [6.07, 6.45) is -2.28. The van der Waals surface area contributed by atoms with Gasteiger partial charge in [-0.25, -0.2) is 0 Å². The molecule has 136 valence electrons. The number of aliphatic imine (C=N–C) groups is 1. The average molecular weight is 344 g/mol. The van der Waals surface area contributed by atoms with E-state index in [-0.39, 0.29) is 0 Å². The molecular formula is C17H27F3N4. The molecule has 0 saturated heterocycles. The number of halogens is 3. The summed E-state index contributed by atoms with van der Waals surface area (Å²) in [7, 11) is 1.46. The lowest BCUT2D eigenvalue weighted by molar-refractivity contribution is -0.142. The standard InChI is InChI=1S/C17H27F3N4/c1-3-21-16(23-12-13-24(2)14-17(18,19)20)22-11-7-10-15-8-5-4-6-9-15/h4-6,8-9H,3,7,10-14H2,1-2H3,(H2,21,22,23). The topological polar surface area (TPSA) is 39.7 Å². The van der Waals surface area contributed by atoms with Gasteiger partial charge in [-0.15, -0.1) is 0 Å². The summed E-state index contributed by atoms with van der Waals surface area (Å²) in [5, 5.41) is 6.17. The van der Waals surface area contributed by atoms with Crippen molar-refractivity contribution in [1.29, 1.82) is 0 Å². The average Bonchev–Trinajstić information content (AvgIpc) is 2.50. The first-order valence-corrected chi connectivity index (χ1v) is 8.22. The largest absolute Gasteiger partial charge is 0.401 e. The molecule has 0 radical (unpaired) electrons. The Bertz CT molecular complexity index is 474. The van der Waals surface area contributed by atoms with Crippen LogP contribution in [0.3, 0.4) is 0 Å². The van der Waals surface area contributed by atoms with Crippen molar-refractivity contribution in [2.24, 2.45) is 4.99 Å². The molecule has 0 saturated carbocycles. The lowest BCUT2D eigenvalue weighted by Crippen LogP contribution is -2.42. The van der Waals surface area contributed by atoms with Gasteiger partial charge in [0, 0.05) is 26.2 Å². The van der Waals surface area contributed by atoms with Crippen LogP contribution in [0.5, 0.6) is 0 Å². The maximum absolute atomic E-state index is 12.3. The second-order valence-corrected chi connectivity index (χ2v) is 5.63. The Morgan fingerprint density at radius 3 is 2.50 bits per heavy atom. The van der Waals surface area contributed by atoms with Gasteiger partial charge in [0.1, 0.15) is 0 Å². The second-order valence-electron chi connectivity index (χ2n) is 5.63. The van der Waals surface area contributed by atoms with Crippen LogP contribution in [0.25, 0.3) is 0 Å². The molecule has 24 heavy (non-hydrogen) atoms. The van der Waals surface area contributed by atoms with E-state index in [4.69, 9.17) is 0 Å². The first kappa shape index (κ1) is 20.3. The van der Waals surface area contributed by atoms with Gasteiger partial charge in [-0.3, -0.25) is 9.89 Å². The molecule has 1 aromatic rings. The number of likely N-dealkylation sites (N-methyl/N-ethyl adjacent to an activating group) is 1. The first-order valence-electron chi connectivity index (χ1n) is 8.22. The van der Waals surface area contributed by atoms with Crippen molar-refractivity contribution < 1.29 is 13.2 Å². The van der Waals surface area contributed by atoms with Gasteiger partial charge in [-0.1, -0.05) is 30.3 Å². The van der Waals surface area contributed by atoms with Gasteiger partial charge < -0.3 is 10.6 Å². The third-order valence-corrected chi connectivity index (χ3v) is 3.32. The molecule has 0 fully saturated rings. The Morgan fingerprint density at radius 2 is 1.88 bits per heavy atom. The van der Waals surface area contributed by atoms with Gasteiger partial charge >= 0.3 is 6.18 Å². The number of hydrogen-bond donors (Lipinski definition) is 2. The third-order valence-electron chi connectivity index (χ3n) is 3.32.